The van der Waals surface area contributed by atoms with Crippen molar-refractivity contribution in [3.05, 3.63) is 63.4 Å². The standard InChI is InChI=1S/C14H11Cl2NO/c1-2-9-8-17-7-6-10(9)14(18)11-4-3-5-12(15)13(11)16/h3-8H,2H2,1H3. The quantitative estimate of drug-likeness (QED) is 0.789. The van der Waals surface area contributed by atoms with Crippen LogP contribution in [-0.2, 0) is 6.42 Å². The SMILES string of the molecule is CCc1cnccc1C(=O)c1cccc(Cl)c1Cl. The van der Waals surface area contributed by atoms with Crippen molar-refractivity contribution in [2.75, 3.05) is 0 Å². The van der Waals surface area contributed by atoms with E-state index in [0.29, 0.717) is 21.2 Å². The van der Waals surface area contributed by atoms with Crippen molar-refractivity contribution < 1.29 is 4.79 Å². The fraction of sp³-hybridized carbons (Fsp3) is 0.143. The van der Waals surface area contributed by atoms with Crippen molar-refractivity contribution in [1.82, 2.24) is 4.98 Å². The van der Waals surface area contributed by atoms with Gasteiger partial charge in [-0.2, -0.15) is 0 Å². The molecule has 0 saturated heterocycles. The molecule has 0 atom stereocenters. The Morgan fingerprint density at radius 1 is 1.22 bits per heavy atom. The summed E-state index contributed by atoms with van der Waals surface area (Å²) in [5, 5.41) is 0.678. The first kappa shape index (κ1) is 13.1. The van der Waals surface area contributed by atoms with Crippen LogP contribution in [0.4, 0.5) is 0 Å². The third kappa shape index (κ3) is 2.40. The minimum absolute atomic E-state index is 0.123. The van der Waals surface area contributed by atoms with Gasteiger partial charge in [0.25, 0.3) is 0 Å². The Kier molecular flexibility index (Phi) is 4.00. The smallest absolute Gasteiger partial charge is 0.194 e. The van der Waals surface area contributed by atoms with E-state index in [1.54, 1.807) is 36.7 Å². The van der Waals surface area contributed by atoms with E-state index in [-0.39, 0.29) is 5.78 Å². The summed E-state index contributed by atoms with van der Waals surface area (Å²) in [7, 11) is 0. The van der Waals surface area contributed by atoms with Crippen LogP contribution >= 0.6 is 23.2 Å². The average molecular weight is 280 g/mol. The first-order chi connectivity index (χ1) is 8.65. The van der Waals surface area contributed by atoms with E-state index in [1.165, 1.54) is 0 Å². The van der Waals surface area contributed by atoms with E-state index in [1.807, 2.05) is 6.92 Å². The molecule has 0 amide bonds. The molecule has 2 rings (SSSR count). The van der Waals surface area contributed by atoms with E-state index >= 15 is 0 Å². The predicted octanol–water partition coefficient (Wildman–Crippen LogP) is 4.18. The van der Waals surface area contributed by atoms with E-state index < -0.39 is 0 Å². The molecule has 0 aliphatic heterocycles. The first-order valence-corrected chi connectivity index (χ1v) is 6.32. The molecule has 1 heterocycles. The molecule has 2 aromatic rings. The Balaban J connectivity index is 2.52. The van der Waals surface area contributed by atoms with Gasteiger partial charge in [-0.15, -0.1) is 0 Å². The number of benzene rings is 1. The summed E-state index contributed by atoms with van der Waals surface area (Å²) in [6, 6.07) is 6.76. The van der Waals surface area contributed by atoms with E-state index in [2.05, 4.69) is 4.98 Å². The number of hydrogen-bond acceptors (Lipinski definition) is 2. The van der Waals surface area contributed by atoms with Crippen LogP contribution in [0, 0.1) is 0 Å². The molecule has 0 fully saturated rings. The summed E-state index contributed by atoms with van der Waals surface area (Å²) in [6.45, 7) is 1.98. The van der Waals surface area contributed by atoms with E-state index in [4.69, 9.17) is 23.2 Å². The monoisotopic (exact) mass is 279 g/mol. The fourth-order valence-corrected chi connectivity index (χ4v) is 2.14. The summed E-state index contributed by atoms with van der Waals surface area (Å²) in [5.74, 6) is -0.123. The molecular weight excluding hydrogens is 269 g/mol. The highest BCUT2D eigenvalue weighted by Gasteiger charge is 2.16. The van der Waals surface area contributed by atoms with Crippen LogP contribution in [0.25, 0.3) is 0 Å². The molecule has 18 heavy (non-hydrogen) atoms. The van der Waals surface area contributed by atoms with Gasteiger partial charge >= 0.3 is 0 Å². The van der Waals surface area contributed by atoms with Gasteiger partial charge in [0.15, 0.2) is 5.78 Å². The third-order valence-electron chi connectivity index (χ3n) is 2.73. The highest BCUT2D eigenvalue weighted by atomic mass is 35.5. The van der Waals surface area contributed by atoms with Crippen LogP contribution in [0.15, 0.2) is 36.7 Å². The lowest BCUT2D eigenvalue weighted by Crippen LogP contribution is -2.06. The van der Waals surface area contributed by atoms with Crippen LogP contribution in [-0.4, -0.2) is 10.8 Å². The second-order valence-electron chi connectivity index (χ2n) is 3.82. The maximum Gasteiger partial charge on any atom is 0.194 e. The van der Waals surface area contributed by atoms with Crippen molar-refractivity contribution in [3.63, 3.8) is 0 Å². The van der Waals surface area contributed by atoms with Gasteiger partial charge in [0.05, 0.1) is 10.0 Å². The average Bonchev–Trinajstić information content (AvgIpc) is 2.41. The molecule has 0 radical (unpaired) electrons. The molecular formula is C14H11Cl2NO. The summed E-state index contributed by atoms with van der Waals surface area (Å²) in [4.78, 5) is 16.4. The molecule has 0 saturated carbocycles. The van der Waals surface area contributed by atoms with Gasteiger partial charge in [0.1, 0.15) is 0 Å². The minimum atomic E-state index is -0.123. The second-order valence-corrected chi connectivity index (χ2v) is 4.60. The van der Waals surface area contributed by atoms with E-state index in [9.17, 15) is 4.79 Å². The number of aromatic nitrogens is 1. The van der Waals surface area contributed by atoms with Gasteiger partial charge < -0.3 is 0 Å². The highest BCUT2D eigenvalue weighted by Crippen LogP contribution is 2.28. The van der Waals surface area contributed by atoms with Crippen LogP contribution in [0.3, 0.4) is 0 Å². The Morgan fingerprint density at radius 2 is 2.00 bits per heavy atom. The third-order valence-corrected chi connectivity index (χ3v) is 3.54. The summed E-state index contributed by atoms with van der Waals surface area (Å²) < 4.78 is 0. The van der Waals surface area contributed by atoms with Crippen molar-refractivity contribution in [2.45, 2.75) is 13.3 Å². The molecule has 0 N–H and O–H groups in total. The molecule has 1 aromatic carbocycles. The number of nitrogens with zero attached hydrogens (tertiary/aromatic N) is 1. The number of carbonyl (C=O) groups is 1. The zero-order valence-electron chi connectivity index (χ0n) is 9.78. The maximum absolute atomic E-state index is 12.4. The first-order valence-electron chi connectivity index (χ1n) is 5.56. The number of halogens is 2. The summed E-state index contributed by atoms with van der Waals surface area (Å²) in [5.41, 5.74) is 1.94. The minimum Gasteiger partial charge on any atom is -0.289 e. The van der Waals surface area contributed by atoms with Crippen molar-refractivity contribution in [3.8, 4) is 0 Å². The van der Waals surface area contributed by atoms with Gasteiger partial charge in [-0.25, -0.2) is 0 Å². The molecule has 4 heteroatoms. The van der Waals surface area contributed by atoms with Crippen molar-refractivity contribution in [1.29, 1.82) is 0 Å². The lowest BCUT2D eigenvalue weighted by molar-refractivity contribution is 0.103. The van der Waals surface area contributed by atoms with Gasteiger partial charge in [0.2, 0.25) is 0 Å². The van der Waals surface area contributed by atoms with Crippen LogP contribution in [0.1, 0.15) is 28.4 Å². The molecule has 0 unspecified atom stereocenters. The molecule has 0 bridgehead atoms. The molecule has 1 aromatic heterocycles. The Hall–Kier alpha value is -1.38. The fourth-order valence-electron chi connectivity index (χ4n) is 1.75. The zero-order valence-corrected chi connectivity index (χ0v) is 11.3. The number of carbonyl (C=O) groups excluding carboxylic acids is 1. The Morgan fingerprint density at radius 3 is 2.72 bits per heavy atom. The molecule has 0 aliphatic carbocycles. The van der Waals surface area contributed by atoms with Crippen molar-refractivity contribution in [2.24, 2.45) is 0 Å². The van der Waals surface area contributed by atoms with Gasteiger partial charge in [0, 0.05) is 23.5 Å². The lowest BCUT2D eigenvalue weighted by Gasteiger charge is -2.08. The number of hydrogen-bond donors (Lipinski definition) is 0. The Bertz CT molecular complexity index is 596. The van der Waals surface area contributed by atoms with Gasteiger partial charge in [-0.1, -0.05) is 36.2 Å². The molecule has 2 nitrogen and oxygen atoms in total. The second kappa shape index (κ2) is 5.51. The topological polar surface area (TPSA) is 30.0 Å². The van der Waals surface area contributed by atoms with Crippen molar-refractivity contribution >= 4 is 29.0 Å². The zero-order chi connectivity index (χ0) is 13.1. The molecule has 0 spiro atoms. The largest absolute Gasteiger partial charge is 0.289 e. The highest BCUT2D eigenvalue weighted by molar-refractivity contribution is 6.44. The Labute approximate surface area is 116 Å². The van der Waals surface area contributed by atoms with Crippen LogP contribution < -0.4 is 0 Å². The summed E-state index contributed by atoms with van der Waals surface area (Å²) in [6.07, 6.45) is 4.05. The van der Waals surface area contributed by atoms with Crippen LogP contribution in [0.5, 0.6) is 0 Å². The normalized spacial score (nSPS) is 10.4. The summed E-state index contributed by atoms with van der Waals surface area (Å²) >= 11 is 12.0. The molecule has 92 valence electrons. The van der Waals surface area contributed by atoms with E-state index in [0.717, 1.165) is 12.0 Å². The van der Waals surface area contributed by atoms with Gasteiger partial charge in [-0.3, -0.25) is 9.78 Å². The number of aryl methyl sites for hydroxylation is 1. The van der Waals surface area contributed by atoms with Gasteiger partial charge in [-0.05, 0) is 30.2 Å². The maximum atomic E-state index is 12.4. The molecule has 0 aliphatic rings. The number of rotatable bonds is 3. The lowest BCUT2D eigenvalue weighted by atomic mass is 9.99. The number of pyridine rings is 1. The number of ketones is 1. The predicted molar refractivity (Wildman–Crippen MR) is 73.5 cm³/mol. The van der Waals surface area contributed by atoms with Crippen LogP contribution in [0.2, 0.25) is 10.0 Å².